The molecule has 2 aromatic rings. The van der Waals surface area contributed by atoms with Gasteiger partial charge < -0.3 is 10.4 Å². The number of aromatic hydroxyl groups is 1. The molecule has 5 heteroatoms. The third kappa shape index (κ3) is 5.75. The number of nitrogens with one attached hydrogen (secondary N) is 1. The van der Waals surface area contributed by atoms with Gasteiger partial charge in [0.1, 0.15) is 0 Å². The van der Waals surface area contributed by atoms with Crippen molar-refractivity contribution >= 4 is 34.8 Å². The fourth-order valence-corrected chi connectivity index (χ4v) is 3.96. The summed E-state index contributed by atoms with van der Waals surface area (Å²) in [6.07, 6.45) is 2.99. The highest BCUT2D eigenvalue weighted by Gasteiger charge is 2.26. The largest absolute Gasteiger partial charge is 0.504 e. The Labute approximate surface area is 197 Å². The number of anilines is 1. The first kappa shape index (κ1) is 25.5. The molecule has 0 atom stereocenters. The van der Waals surface area contributed by atoms with Crippen LogP contribution in [-0.2, 0) is 22.0 Å². The molecule has 2 rings (SSSR count). The lowest BCUT2D eigenvalue weighted by Gasteiger charge is -2.31. The van der Waals surface area contributed by atoms with E-state index >= 15 is 0 Å². The minimum atomic E-state index is -0.190. The van der Waals surface area contributed by atoms with Crippen molar-refractivity contribution in [3.63, 3.8) is 0 Å². The normalized spacial score (nSPS) is 12.2. The van der Waals surface area contributed by atoms with Gasteiger partial charge in [-0.3, -0.25) is 4.79 Å². The zero-order valence-electron chi connectivity index (χ0n) is 19.7. The molecule has 0 aromatic heterocycles. The summed E-state index contributed by atoms with van der Waals surface area (Å²) in [6, 6.07) is 8.22. The maximum absolute atomic E-state index is 12.6. The van der Waals surface area contributed by atoms with E-state index in [1.807, 2.05) is 0 Å². The zero-order chi connectivity index (χ0) is 23.6. The van der Waals surface area contributed by atoms with Crippen LogP contribution in [0.4, 0.5) is 5.69 Å². The number of benzene rings is 2. The molecule has 0 saturated carbocycles. The summed E-state index contributed by atoms with van der Waals surface area (Å²) in [7, 11) is 0. The highest BCUT2D eigenvalue weighted by molar-refractivity contribution is 6.37. The Kier molecular flexibility index (Phi) is 8.10. The van der Waals surface area contributed by atoms with Crippen LogP contribution < -0.4 is 5.32 Å². The van der Waals surface area contributed by atoms with Crippen molar-refractivity contribution < 1.29 is 9.90 Å². The van der Waals surface area contributed by atoms with E-state index in [-0.39, 0.29) is 33.2 Å². The van der Waals surface area contributed by atoms with E-state index in [1.54, 1.807) is 6.92 Å². The SMILES string of the molecule is CCC(C)(C)c1ccc(CCC(=O)Nc2cc(Cl)c(C)c(Cl)c2O)c(C(C)(C)CC)c1. The molecular formula is C26H35Cl2NO2. The molecule has 0 heterocycles. The van der Waals surface area contributed by atoms with E-state index in [0.29, 0.717) is 23.4 Å². The van der Waals surface area contributed by atoms with Crippen molar-refractivity contribution in [2.75, 3.05) is 5.32 Å². The summed E-state index contributed by atoms with van der Waals surface area (Å²) in [4.78, 5) is 12.6. The quantitative estimate of drug-likeness (QED) is 0.390. The van der Waals surface area contributed by atoms with Gasteiger partial charge in [-0.25, -0.2) is 0 Å². The molecule has 0 radical (unpaired) electrons. The first-order chi connectivity index (χ1) is 14.3. The van der Waals surface area contributed by atoms with E-state index in [9.17, 15) is 9.90 Å². The van der Waals surface area contributed by atoms with Crippen LogP contribution in [0, 0.1) is 6.92 Å². The predicted octanol–water partition coefficient (Wildman–Crippen LogP) is 7.95. The van der Waals surface area contributed by atoms with Gasteiger partial charge in [-0.15, -0.1) is 0 Å². The number of rotatable bonds is 8. The van der Waals surface area contributed by atoms with Crippen LogP contribution >= 0.6 is 23.2 Å². The number of halogens is 2. The van der Waals surface area contributed by atoms with Gasteiger partial charge in [0.25, 0.3) is 0 Å². The maximum atomic E-state index is 12.6. The summed E-state index contributed by atoms with van der Waals surface area (Å²) in [5.41, 5.74) is 4.75. The van der Waals surface area contributed by atoms with Crippen LogP contribution in [0.1, 0.15) is 83.1 Å². The number of amides is 1. The number of carbonyl (C=O) groups is 1. The van der Waals surface area contributed by atoms with Crippen LogP contribution in [0.3, 0.4) is 0 Å². The van der Waals surface area contributed by atoms with Gasteiger partial charge in [0.05, 0.1) is 10.7 Å². The van der Waals surface area contributed by atoms with Crippen molar-refractivity contribution in [1.29, 1.82) is 0 Å². The summed E-state index contributed by atoms with van der Waals surface area (Å²) >= 11 is 12.3. The van der Waals surface area contributed by atoms with Crippen LogP contribution in [0.15, 0.2) is 24.3 Å². The summed E-state index contributed by atoms with van der Waals surface area (Å²) in [5, 5.41) is 13.6. The maximum Gasteiger partial charge on any atom is 0.224 e. The number of aryl methyl sites for hydroxylation is 1. The molecule has 0 unspecified atom stereocenters. The fraction of sp³-hybridized carbons (Fsp3) is 0.500. The molecule has 0 spiro atoms. The average molecular weight is 464 g/mol. The minimum absolute atomic E-state index is 0.0158. The highest BCUT2D eigenvalue weighted by atomic mass is 35.5. The van der Waals surface area contributed by atoms with Crippen LogP contribution in [-0.4, -0.2) is 11.0 Å². The third-order valence-corrected chi connectivity index (χ3v) is 7.56. The van der Waals surface area contributed by atoms with Crippen molar-refractivity contribution in [1.82, 2.24) is 0 Å². The van der Waals surface area contributed by atoms with Gasteiger partial charge in [0.15, 0.2) is 5.75 Å². The first-order valence-corrected chi connectivity index (χ1v) is 11.7. The smallest absolute Gasteiger partial charge is 0.224 e. The van der Waals surface area contributed by atoms with Gasteiger partial charge in [-0.2, -0.15) is 0 Å². The molecule has 0 aliphatic heterocycles. The Morgan fingerprint density at radius 1 is 1.03 bits per heavy atom. The summed E-state index contributed by atoms with van der Waals surface area (Å²) < 4.78 is 0. The minimum Gasteiger partial charge on any atom is -0.504 e. The topological polar surface area (TPSA) is 49.3 Å². The van der Waals surface area contributed by atoms with Gasteiger partial charge in [0.2, 0.25) is 5.91 Å². The van der Waals surface area contributed by atoms with Gasteiger partial charge in [-0.05, 0) is 65.3 Å². The molecule has 0 aliphatic rings. The standard InChI is InChI=1S/C26H35Cl2NO2/c1-8-25(4,5)18-12-10-17(19(14-18)26(6,7)9-2)11-13-22(30)29-21-15-20(27)16(3)23(28)24(21)31/h10,12,14-15,31H,8-9,11,13H2,1-7H3,(H,29,30). The summed E-state index contributed by atoms with van der Waals surface area (Å²) in [6.45, 7) is 15.2. The van der Waals surface area contributed by atoms with Gasteiger partial charge >= 0.3 is 0 Å². The Bertz CT molecular complexity index is 964. The molecule has 31 heavy (non-hydrogen) atoms. The lowest BCUT2D eigenvalue weighted by Crippen LogP contribution is -2.22. The number of carbonyl (C=O) groups excluding carboxylic acids is 1. The fourth-order valence-electron chi connectivity index (χ4n) is 3.50. The van der Waals surface area contributed by atoms with E-state index in [4.69, 9.17) is 23.2 Å². The number of phenolic OH excluding ortho intramolecular Hbond substituents is 1. The van der Waals surface area contributed by atoms with Crippen LogP contribution in [0.5, 0.6) is 5.75 Å². The van der Waals surface area contributed by atoms with E-state index in [0.717, 1.165) is 12.8 Å². The number of hydrogen-bond donors (Lipinski definition) is 2. The summed E-state index contributed by atoms with van der Waals surface area (Å²) in [5.74, 6) is -0.347. The lowest BCUT2D eigenvalue weighted by atomic mass is 9.74. The highest BCUT2D eigenvalue weighted by Crippen LogP contribution is 2.39. The van der Waals surface area contributed by atoms with Crippen LogP contribution in [0.25, 0.3) is 0 Å². The molecule has 2 aromatic carbocycles. The van der Waals surface area contributed by atoms with Crippen molar-refractivity contribution in [3.8, 4) is 5.75 Å². The molecule has 2 N–H and O–H groups in total. The first-order valence-electron chi connectivity index (χ1n) is 10.9. The van der Waals surface area contributed by atoms with E-state index in [2.05, 4.69) is 65.1 Å². The molecule has 0 aliphatic carbocycles. The van der Waals surface area contributed by atoms with E-state index < -0.39 is 0 Å². The molecule has 1 amide bonds. The van der Waals surface area contributed by atoms with Crippen molar-refractivity contribution in [3.05, 3.63) is 56.6 Å². The second-order valence-electron chi connectivity index (χ2n) is 9.59. The molecule has 3 nitrogen and oxygen atoms in total. The van der Waals surface area contributed by atoms with Crippen molar-refractivity contribution in [2.24, 2.45) is 0 Å². The molecule has 170 valence electrons. The Morgan fingerprint density at radius 3 is 2.23 bits per heavy atom. The van der Waals surface area contributed by atoms with Gasteiger partial charge in [0, 0.05) is 11.4 Å². The second-order valence-corrected chi connectivity index (χ2v) is 10.4. The Balaban J connectivity index is 2.26. The average Bonchev–Trinajstić information content (AvgIpc) is 2.74. The van der Waals surface area contributed by atoms with E-state index in [1.165, 1.54) is 22.8 Å². The van der Waals surface area contributed by atoms with Crippen LogP contribution in [0.2, 0.25) is 10.0 Å². The zero-order valence-corrected chi connectivity index (χ0v) is 21.3. The van der Waals surface area contributed by atoms with Gasteiger partial charge in [-0.1, -0.05) is 82.9 Å². The third-order valence-electron chi connectivity index (χ3n) is 6.71. The Morgan fingerprint density at radius 2 is 1.65 bits per heavy atom. The number of hydrogen-bond acceptors (Lipinski definition) is 2. The molecular weight excluding hydrogens is 429 g/mol. The number of phenols is 1. The monoisotopic (exact) mass is 463 g/mol. The lowest BCUT2D eigenvalue weighted by molar-refractivity contribution is -0.116. The van der Waals surface area contributed by atoms with Crippen molar-refractivity contribution in [2.45, 2.75) is 85.0 Å². The molecule has 0 bridgehead atoms. The Hall–Kier alpha value is -1.71. The molecule has 0 fully saturated rings. The predicted molar refractivity (Wildman–Crippen MR) is 133 cm³/mol. The molecule has 0 saturated heterocycles. The second kappa shape index (κ2) is 9.83.